The van der Waals surface area contributed by atoms with Gasteiger partial charge in [0.2, 0.25) is 0 Å². The SMILES string of the molecule is CNC1CC(NF)C(OC2OCC(C)(O)C(N(C)F)C2O)C(O)C1OC1OC(CNF)CCC1NF. The average molecular weight is 536 g/mol. The van der Waals surface area contributed by atoms with E-state index in [2.05, 4.69) is 5.32 Å². The molecule has 1 saturated carbocycles. The molecule has 0 bridgehead atoms. The van der Waals surface area contributed by atoms with E-state index in [9.17, 15) is 33.2 Å². The molecule has 2 heterocycles. The number of hydrogen-bond donors (Lipinski definition) is 7. The number of nitrogens with one attached hydrogen (secondary N) is 4. The fraction of sp³-hybridized carbons (Fsp3) is 1.00. The van der Waals surface area contributed by atoms with Crippen molar-refractivity contribution >= 4 is 0 Å². The maximum absolute atomic E-state index is 14.1. The van der Waals surface area contributed by atoms with Crippen LogP contribution < -0.4 is 21.9 Å². The van der Waals surface area contributed by atoms with Crippen molar-refractivity contribution in [2.75, 3.05) is 27.2 Å². The Labute approximate surface area is 206 Å². The minimum absolute atomic E-state index is 0.0161. The predicted molar refractivity (Wildman–Crippen MR) is 115 cm³/mol. The summed E-state index contributed by atoms with van der Waals surface area (Å²) in [5.74, 6) is 0. The second-order valence-electron chi connectivity index (χ2n) is 9.79. The van der Waals surface area contributed by atoms with Gasteiger partial charge in [-0.25, -0.2) is 0 Å². The predicted octanol–water partition coefficient (Wildman–Crippen LogP) is -1.57. The van der Waals surface area contributed by atoms with Crippen molar-refractivity contribution in [1.29, 1.82) is 0 Å². The van der Waals surface area contributed by atoms with E-state index in [0.717, 1.165) is 7.05 Å². The average Bonchev–Trinajstić information content (AvgIpc) is 2.83. The summed E-state index contributed by atoms with van der Waals surface area (Å²) >= 11 is 0. The minimum atomic E-state index is -1.76. The quantitative estimate of drug-likeness (QED) is 0.128. The molecule has 0 amide bonds. The van der Waals surface area contributed by atoms with Crippen LogP contribution in [0, 0.1) is 0 Å². The zero-order chi connectivity index (χ0) is 26.6. The first-order valence-electron chi connectivity index (χ1n) is 11.9. The highest BCUT2D eigenvalue weighted by Gasteiger charge is 2.53. The molecule has 7 N–H and O–H groups in total. The van der Waals surface area contributed by atoms with Gasteiger partial charge in [-0.1, -0.05) is 0 Å². The third-order valence-corrected chi connectivity index (χ3v) is 7.13. The molecule has 0 radical (unpaired) electrons. The van der Waals surface area contributed by atoms with Crippen molar-refractivity contribution in [3.8, 4) is 0 Å². The highest BCUT2D eigenvalue weighted by Crippen LogP contribution is 2.34. The number of halogens is 4. The molecule has 12 unspecified atom stereocenters. The molecular weight excluding hydrogens is 498 g/mol. The fourth-order valence-electron chi connectivity index (χ4n) is 5.24. The monoisotopic (exact) mass is 535 g/mol. The number of hydrogen-bond acceptors (Lipinski definition) is 12. The Balaban J connectivity index is 1.78. The van der Waals surface area contributed by atoms with Gasteiger partial charge in [-0.15, -0.1) is 23.0 Å². The Hall–Kier alpha value is -0.760. The Morgan fingerprint density at radius 3 is 2.22 bits per heavy atom. The van der Waals surface area contributed by atoms with Crippen LogP contribution in [0.3, 0.4) is 0 Å². The van der Waals surface area contributed by atoms with Crippen LogP contribution in [0.25, 0.3) is 0 Å². The van der Waals surface area contributed by atoms with E-state index in [1.807, 2.05) is 0 Å². The lowest BCUT2D eigenvalue weighted by Crippen LogP contribution is -2.68. The Morgan fingerprint density at radius 2 is 1.64 bits per heavy atom. The topological polar surface area (TPSA) is 149 Å². The van der Waals surface area contributed by atoms with Crippen LogP contribution in [0.4, 0.5) is 17.9 Å². The molecule has 0 aromatic rings. The second-order valence-corrected chi connectivity index (χ2v) is 9.79. The van der Waals surface area contributed by atoms with Gasteiger partial charge < -0.3 is 39.6 Å². The zero-order valence-corrected chi connectivity index (χ0v) is 20.3. The molecule has 36 heavy (non-hydrogen) atoms. The normalized spacial score (nSPS) is 46.2. The largest absolute Gasteiger partial charge is 0.388 e. The van der Waals surface area contributed by atoms with E-state index in [1.165, 1.54) is 12.5 Å². The maximum Gasteiger partial charge on any atom is 0.185 e. The van der Waals surface area contributed by atoms with Crippen LogP contribution in [-0.2, 0) is 18.9 Å². The number of aliphatic hydroxyl groups is 3. The van der Waals surface area contributed by atoms with Crippen molar-refractivity contribution in [1.82, 2.24) is 27.1 Å². The van der Waals surface area contributed by atoms with Crippen LogP contribution in [0.1, 0.15) is 26.2 Å². The van der Waals surface area contributed by atoms with Gasteiger partial charge in [0.15, 0.2) is 12.6 Å². The van der Waals surface area contributed by atoms with Gasteiger partial charge in [0.1, 0.15) is 36.1 Å². The van der Waals surface area contributed by atoms with Crippen molar-refractivity contribution in [3.63, 3.8) is 0 Å². The first-order chi connectivity index (χ1) is 17.1. The lowest BCUT2D eigenvalue weighted by molar-refractivity contribution is -0.326. The molecule has 0 aromatic carbocycles. The van der Waals surface area contributed by atoms with Gasteiger partial charge in [0, 0.05) is 13.1 Å². The first-order valence-corrected chi connectivity index (χ1v) is 11.9. The molecule has 212 valence electrons. The summed E-state index contributed by atoms with van der Waals surface area (Å²) in [5, 5.41) is 35.3. The number of likely N-dealkylation sites (N-methyl/N-ethyl adjacent to an activating group) is 2. The molecule has 2 saturated heterocycles. The summed E-state index contributed by atoms with van der Waals surface area (Å²) in [7, 11) is 2.57. The molecule has 3 rings (SSSR count). The van der Waals surface area contributed by atoms with Crippen LogP contribution in [0.2, 0.25) is 0 Å². The summed E-state index contributed by atoms with van der Waals surface area (Å²) in [6, 6.07) is -4.10. The standard InChI is InChI=1S/C20H37F4N5O7/c1-20(32)8-33-19(14(31)17(20)29(3)24)36-16-12(28-23)6-11(25-2)15(13(16)30)35-18-10(27-22)5-4-9(34-18)7-26-21/h9-19,25-28,30-32H,4-8H2,1-3H3. The zero-order valence-electron chi connectivity index (χ0n) is 20.3. The fourth-order valence-corrected chi connectivity index (χ4v) is 5.24. The first kappa shape index (κ1) is 29.8. The Bertz CT molecular complexity index is 690. The van der Waals surface area contributed by atoms with Crippen molar-refractivity contribution in [2.24, 2.45) is 0 Å². The lowest BCUT2D eigenvalue weighted by Gasteiger charge is -2.49. The molecule has 1 aliphatic carbocycles. The van der Waals surface area contributed by atoms with Gasteiger partial charge >= 0.3 is 0 Å². The summed E-state index contributed by atoms with van der Waals surface area (Å²) in [4.78, 5) is 0. The minimum Gasteiger partial charge on any atom is -0.388 e. The Kier molecular flexibility index (Phi) is 10.6. The van der Waals surface area contributed by atoms with Crippen LogP contribution >= 0.6 is 0 Å². The van der Waals surface area contributed by atoms with Gasteiger partial charge in [-0.05, 0) is 33.2 Å². The molecule has 16 heteroatoms. The molecule has 0 spiro atoms. The van der Waals surface area contributed by atoms with Gasteiger partial charge in [0.05, 0.1) is 31.3 Å². The van der Waals surface area contributed by atoms with E-state index >= 15 is 0 Å². The van der Waals surface area contributed by atoms with Gasteiger partial charge in [0.25, 0.3) is 0 Å². The molecule has 12 atom stereocenters. The maximum atomic E-state index is 14.1. The molecule has 12 nitrogen and oxygen atoms in total. The summed E-state index contributed by atoms with van der Waals surface area (Å²) in [5.41, 5.74) is 2.90. The van der Waals surface area contributed by atoms with Crippen molar-refractivity contribution in [2.45, 2.75) is 99.1 Å². The van der Waals surface area contributed by atoms with Crippen LogP contribution in [-0.4, -0.2) is 121 Å². The van der Waals surface area contributed by atoms with E-state index < -0.39 is 79.5 Å². The van der Waals surface area contributed by atoms with Crippen molar-refractivity contribution < 1.29 is 52.2 Å². The number of rotatable bonds is 10. The highest BCUT2D eigenvalue weighted by atomic mass is 19.2. The van der Waals surface area contributed by atoms with Crippen LogP contribution in [0.5, 0.6) is 0 Å². The third kappa shape index (κ3) is 6.44. The van der Waals surface area contributed by atoms with Crippen molar-refractivity contribution in [3.05, 3.63) is 0 Å². The highest BCUT2D eigenvalue weighted by molar-refractivity contribution is 5.02. The smallest absolute Gasteiger partial charge is 0.185 e. The number of nitrogens with zero attached hydrogens (tertiary/aromatic N) is 1. The second kappa shape index (κ2) is 12.9. The van der Waals surface area contributed by atoms with E-state index in [4.69, 9.17) is 18.9 Å². The van der Waals surface area contributed by atoms with Crippen LogP contribution in [0.15, 0.2) is 0 Å². The lowest BCUT2D eigenvalue weighted by atomic mass is 9.83. The molecule has 2 aliphatic heterocycles. The van der Waals surface area contributed by atoms with Gasteiger partial charge in [-0.2, -0.15) is 16.6 Å². The molecule has 3 fully saturated rings. The summed E-state index contributed by atoms with van der Waals surface area (Å²) in [6.45, 7) is 0.722. The summed E-state index contributed by atoms with van der Waals surface area (Å²) < 4.78 is 76.5. The van der Waals surface area contributed by atoms with E-state index in [0.29, 0.717) is 6.42 Å². The molecule has 0 aromatic heterocycles. The molecule has 3 aliphatic rings. The third-order valence-electron chi connectivity index (χ3n) is 7.13. The number of ether oxygens (including phenoxy) is 4. The van der Waals surface area contributed by atoms with Gasteiger partial charge in [-0.3, -0.25) is 0 Å². The van der Waals surface area contributed by atoms with E-state index in [1.54, 1.807) is 18.1 Å². The molecular formula is C20H37F4N5O7. The summed E-state index contributed by atoms with van der Waals surface area (Å²) in [6.07, 6.45) is -8.48. The number of aliphatic hydroxyl groups excluding tert-OH is 2. The van der Waals surface area contributed by atoms with E-state index in [-0.39, 0.29) is 24.5 Å². The Morgan fingerprint density at radius 1 is 1.00 bits per heavy atom.